The molecule has 182 valence electrons. The van der Waals surface area contributed by atoms with Crippen LogP contribution in [0.2, 0.25) is 0 Å². The Morgan fingerprint density at radius 1 is 0.710 bits per heavy atom. The molecule has 3 unspecified atom stereocenters. The maximum Gasteiger partial charge on any atom is 0.310 e. The summed E-state index contributed by atoms with van der Waals surface area (Å²) in [4.78, 5) is 37.1. The van der Waals surface area contributed by atoms with Crippen molar-refractivity contribution in [2.45, 2.75) is 104 Å². The molecule has 7 nitrogen and oxygen atoms in total. The Bertz CT molecular complexity index is 490. The first kappa shape index (κ1) is 29.4. The fourth-order valence-electron chi connectivity index (χ4n) is 3.08. The summed E-state index contributed by atoms with van der Waals surface area (Å²) in [6.07, 6.45) is 9.24. The molecular formula is C24H44O7. The van der Waals surface area contributed by atoms with E-state index in [1.54, 1.807) is 6.92 Å². The minimum atomic E-state index is -1.00. The van der Waals surface area contributed by atoms with Crippen LogP contribution < -0.4 is 0 Å². The quantitative estimate of drug-likeness (QED) is 0.177. The molecule has 0 rings (SSSR count). The van der Waals surface area contributed by atoms with E-state index < -0.39 is 35.8 Å². The van der Waals surface area contributed by atoms with Crippen molar-refractivity contribution in [2.24, 2.45) is 11.8 Å². The molecular weight excluding hydrogens is 400 g/mol. The number of rotatable bonds is 19. The zero-order valence-electron chi connectivity index (χ0n) is 20.0. The molecule has 0 bridgehead atoms. The lowest BCUT2D eigenvalue weighted by Gasteiger charge is -2.21. The lowest BCUT2D eigenvalue weighted by molar-refractivity contribution is -0.165. The molecule has 0 heterocycles. The molecule has 31 heavy (non-hydrogen) atoms. The van der Waals surface area contributed by atoms with Gasteiger partial charge in [-0.2, -0.15) is 0 Å². The number of hydrogen-bond donors (Lipinski definition) is 1. The summed E-state index contributed by atoms with van der Waals surface area (Å²) < 4.78 is 15.6. The van der Waals surface area contributed by atoms with Crippen LogP contribution in [0.25, 0.3) is 0 Å². The number of aliphatic hydroxyl groups excluding tert-OH is 1. The Hall–Kier alpha value is -1.63. The van der Waals surface area contributed by atoms with Crippen LogP contribution in [0.5, 0.6) is 0 Å². The van der Waals surface area contributed by atoms with Crippen LogP contribution in [0.1, 0.15) is 98.3 Å². The van der Waals surface area contributed by atoms with Crippen molar-refractivity contribution in [1.29, 1.82) is 0 Å². The molecule has 0 aromatic heterocycles. The van der Waals surface area contributed by atoms with Crippen LogP contribution in [0, 0.1) is 11.8 Å². The van der Waals surface area contributed by atoms with Crippen molar-refractivity contribution >= 4 is 17.9 Å². The topological polar surface area (TPSA) is 99.1 Å². The van der Waals surface area contributed by atoms with E-state index in [1.807, 2.05) is 0 Å². The lowest BCUT2D eigenvalue weighted by Crippen LogP contribution is -2.34. The van der Waals surface area contributed by atoms with Gasteiger partial charge in [-0.3, -0.25) is 14.4 Å². The van der Waals surface area contributed by atoms with E-state index in [2.05, 4.69) is 13.8 Å². The summed E-state index contributed by atoms with van der Waals surface area (Å²) in [6.45, 7) is 7.72. The van der Waals surface area contributed by atoms with Gasteiger partial charge in [0.25, 0.3) is 0 Å². The highest BCUT2D eigenvalue weighted by atomic mass is 16.6. The molecule has 0 amide bonds. The predicted molar refractivity (Wildman–Crippen MR) is 119 cm³/mol. The number of aliphatic hydroxyl groups is 1. The molecule has 0 aliphatic heterocycles. The highest BCUT2D eigenvalue weighted by Gasteiger charge is 2.35. The van der Waals surface area contributed by atoms with Gasteiger partial charge < -0.3 is 19.3 Å². The summed E-state index contributed by atoms with van der Waals surface area (Å²) in [5, 5.41) is 9.36. The minimum Gasteiger partial charge on any atom is -0.466 e. The van der Waals surface area contributed by atoms with E-state index in [0.29, 0.717) is 13.2 Å². The number of hydrogen-bond acceptors (Lipinski definition) is 7. The summed E-state index contributed by atoms with van der Waals surface area (Å²) in [5.74, 6) is -3.60. The molecule has 0 radical (unpaired) electrons. The van der Waals surface area contributed by atoms with Gasteiger partial charge >= 0.3 is 17.9 Å². The second-order valence-corrected chi connectivity index (χ2v) is 8.29. The van der Waals surface area contributed by atoms with Crippen molar-refractivity contribution in [3.05, 3.63) is 0 Å². The molecule has 0 saturated heterocycles. The molecule has 7 heteroatoms. The van der Waals surface area contributed by atoms with Gasteiger partial charge in [0.05, 0.1) is 37.6 Å². The van der Waals surface area contributed by atoms with Gasteiger partial charge in [-0.15, -0.1) is 0 Å². The van der Waals surface area contributed by atoms with Gasteiger partial charge in [0, 0.05) is 0 Å². The van der Waals surface area contributed by atoms with Crippen LogP contribution in [0.4, 0.5) is 0 Å². The van der Waals surface area contributed by atoms with Crippen LogP contribution >= 0.6 is 0 Å². The minimum absolute atomic E-state index is 0.193. The Labute approximate surface area is 188 Å². The van der Waals surface area contributed by atoms with Gasteiger partial charge in [-0.05, 0) is 19.8 Å². The third kappa shape index (κ3) is 15.8. The maximum atomic E-state index is 12.5. The van der Waals surface area contributed by atoms with Gasteiger partial charge in [-0.1, -0.05) is 72.1 Å². The highest BCUT2D eigenvalue weighted by Crippen LogP contribution is 2.21. The highest BCUT2D eigenvalue weighted by molar-refractivity contribution is 5.85. The van der Waals surface area contributed by atoms with Crippen LogP contribution in [-0.2, 0) is 28.6 Å². The largest absolute Gasteiger partial charge is 0.466 e. The van der Waals surface area contributed by atoms with Crippen molar-refractivity contribution < 1.29 is 33.7 Å². The molecule has 0 fully saturated rings. The van der Waals surface area contributed by atoms with Crippen molar-refractivity contribution in [2.75, 3.05) is 19.8 Å². The SMILES string of the molecule is CCCCCCCOC(=O)CC(C(=O)OCC(C)O)C(C)C(=O)OCCCCCCC. The molecule has 0 aromatic rings. The van der Waals surface area contributed by atoms with Gasteiger partial charge in [-0.25, -0.2) is 0 Å². The lowest BCUT2D eigenvalue weighted by atomic mass is 9.91. The Kier molecular flexibility index (Phi) is 18.1. The van der Waals surface area contributed by atoms with Gasteiger partial charge in [0.2, 0.25) is 0 Å². The smallest absolute Gasteiger partial charge is 0.310 e. The number of esters is 3. The molecule has 0 aromatic carbocycles. The van der Waals surface area contributed by atoms with E-state index in [-0.39, 0.29) is 13.0 Å². The van der Waals surface area contributed by atoms with E-state index in [1.165, 1.54) is 6.92 Å². The van der Waals surface area contributed by atoms with Crippen LogP contribution in [-0.4, -0.2) is 48.9 Å². The Morgan fingerprint density at radius 3 is 1.74 bits per heavy atom. The van der Waals surface area contributed by atoms with E-state index >= 15 is 0 Å². The summed E-state index contributed by atoms with van der Waals surface area (Å²) in [6, 6.07) is 0. The first-order chi connectivity index (χ1) is 14.8. The normalized spacial score (nSPS) is 13.8. The Balaban J connectivity index is 4.63. The van der Waals surface area contributed by atoms with Crippen molar-refractivity contribution in [1.82, 2.24) is 0 Å². The second-order valence-electron chi connectivity index (χ2n) is 8.29. The fourth-order valence-corrected chi connectivity index (χ4v) is 3.08. The zero-order chi connectivity index (χ0) is 23.5. The van der Waals surface area contributed by atoms with Crippen LogP contribution in [0.15, 0.2) is 0 Å². The molecule has 0 aliphatic rings. The van der Waals surface area contributed by atoms with E-state index in [4.69, 9.17) is 14.2 Å². The predicted octanol–water partition coefficient (Wildman–Crippen LogP) is 4.58. The summed E-state index contributed by atoms with van der Waals surface area (Å²) in [7, 11) is 0. The zero-order valence-corrected chi connectivity index (χ0v) is 20.0. The van der Waals surface area contributed by atoms with Gasteiger partial charge in [0.15, 0.2) is 0 Å². The van der Waals surface area contributed by atoms with Crippen molar-refractivity contribution in [3.63, 3.8) is 0 Å². The molecule has 0 spiro atoms. The third-order valence-corrected chi connectivity index (χ3v) is 5.13. The fraction of sp³-hybridized carbons (Fsp3) is 0.875. The average Bonchev–Trinajstić information content (AvgIpc) is 2.74. The maximum absolute atomic E-state index is 12.5. The van der Waals surface area contributed by atoms with E-state index in [9.17, 15) is 19.5 Å². The molecule has 3 atom stereocenters. The molecule has 1 N–H and O–H groups in total. The average molecular weight is 445 g/mol. The van der Waals surface area contributed by atoms with Crippen LogP contribution in [0.3, 0.4) is 0 Å². The first-order valence-corrected chi connectivity index (χ1v) is 12.0. The molecule has 0 aliphatic carbocycles. The molecule has 0 saturated carbocycles. The number of unbranched alkanes of at least 4 members (excludes halogenated alkanes) is 8. The number of carbonyl (C=O) groups excluding carboxylic acids is 3. The number of carbonyl (C=O) groups is 3. The second kappa shape index (κ2) is 19.1. The van der Waals surface area contributed by atoms with E-state index in [0.717, 1.165) is 64.2 Å². The third-order valence-electron chi connectivity index (χ3n) is 5.13. The monoisotopic (exact) mass is 444 g/mol. The standard InChI is InChI=1S/C24H44O7/c1-5-7-9-11-13-15-29-22(26)17-21(24(28)31-18-19(3)25)20(4)23(27)30-16-14-12-10-8-6-2/h19-21,25H,5-18H2,1-4H3. The first-order valence-electron chi connectivity index (χ1n) is 12.0. The summed E-state index contributed by atoms with van der Waals surface area (Å²) >= 11 is 0. The Morgan fingerprint density at radius 2 is 1.23 bits per heavy atom. The van der Waals surface area contributed by atoms with Crippen molar-refractivity contribution in [3.8, 4) is 0 Å². The summed E-state index contributed by atoms with van der Waals surface area (Å²) in [5.41, 5.74) is 0. The van der Waals surface area contributed by atoms with Gasteiger partial charge in [0.1, 0.15) is 6.61 Å². The number of ether oxygens (including phenoxy) is 3.